The molecule has 2 heterocycles. The summed E-state index contributed by atoms with van der Waals surface area (Å²) in [5.74, 6) is 1.01. The van der Waals surface area contributed by atoms with Gasteiger partial charge in [0.05, 0.1) is 11.1 Å². The Bertz CT molecular complexity index is 917. The van der Waals surface area contributed by atoms with E-state index in [0.717, 1.165) is 35.4 Å². The van der Waals surface area contributed by atoms with Gasteiger partial charge >= 0.3 is 0 Å². The van der Waals surface area contributed by atoms with Crippen LogP contribution in [0.5, 0.6) is 0 Å². The fourth-order valence-corrected chi connectivity index (χ4v) is 4.04. The van der Waals surface area contributed by atoms with E-state index in [-0.39, 0.29) is 0 Å². The second-order valence-electron chi connectivity index (χ2n) is 6.82. The van der Waals surface area contributed by atoms with Gasteiger partial charge in [-0.3, -0.25) is 0 Å². The zero-order valence-electron chi connectivity index (χ0n) is 14.2. The van der Waals surface area contributed by atoms with E-state index in [1.165, 1.54) is 5.56 Å². The second kappa shape index (κ2) is 6.32. The van der Waals surface area contributed by atoms with Crippen molar-refractivity contribution in [2.75, 3.05) is 18.0 Å². The third kappa shape index (κ3) is 2.99. The fraction of sp³-hybridized carbons (Fsp3) is 0.286. The summed E-state index contributed by atoms with van der Waals surface area (Å²) in [4.78, 5) is 7.13. The van der Waals surface area contributed by atoms with Crippen molar-refractivity contribution in [2.24, 2.45) is 0 Å². The van der Waals surface area contributed by atoms with E-state index in [4.69, 9.17) is 16.6 Å². The molecule has 1 fully saturated rings. The van der Waals surface area contributed by atoms with E-state index in [1.807, 2.05) is 42.5 Å². The van der Waals surface area contributed by atoms with Crippen LogP contribution in [0.4, 0.5) is 5.82 Å². The van der Waals surface area contributed by atoms with Crippen LogP contribution in [-0.2, 0) is 5.60 Å². The van der Waals surface area contributed by atoms with E-state index in [2.05, 4.69) is 24.0 Å². The Labute approximate surface area is 152 Å². The minimum atomic E-state index is -0.862. The molecular formula is C21H21ClN2O. The highest BCUT2D eigenvalue weighted by molar-refractivity contribution is 6.31. The van der Waals surface area contributed by atoms with Crippen molar-refractivity contribution < 1.29 is 5.11 Å². The number of aliphatic hydroxyl groups is 1. The normalized spacial score (nSPS) is 17.0. The highest BCUT2D eigenvalue weighted by Gasteiger charge is 2.36. The smallest absolute Gasteiger partial charge is 0.132 e. The van der Waals surface area contributed by atoms with Crippen molar-refractivity contribution in [2.45, 2.75) is 25.4 Å². The molecule has 1 saturated heterocycles. The van der Waals surface area contributed by atoms with Crippen molar-refractivity contribution in [1.82, 2.24) is 4.98 Å². The molecule has 1 aliphatic rings. The molecule has 25 heavy (non-hydrogen) atoms. The van der Waals surface area contributed by atoms with E-state index in [1.54, 1.807) is 0 Å². The van der Waals surface area contributed by atoms with Gasteiger partial charge in [-0.25, -0.2) is 4.98 Å². The molecule has 0 atom stereocenters. The van der Waals surface area contributed by atoms with Gasteiger partial charge in [-0.1, -0.05) is 48.0 Å². The van der Waals surface area contributed by atoms with Crippen molar-refractivity contribution in [3.63, 3.8) is 0 Å². The summed E-state index contributed by atoms with van der Waals surface area (Å²) >= 11 is 6.31. The highest BCUT2D eigenvalue weighted by Crippen LogP contribution is 2.38. The third-order valence-corrected chi connectivity index (χ3v) is 5.48. The molecule has 0 spiro atoms. The van der Waals surface area contributed by atoms with Crippen molar-refractivity contribution in [3.05, 3.63) is 70.7 Å². The van der Waals surface area contributed by atoms with Gasteiger partial charge in [0, 0.05) is 29.1 Å². The lowest BCUT2D eigenvalue weighted by molar-refractivity contribution is 0.0117. The van der Waals surface area contributed by atoms with Crippen molar-refractivity contribution >= 4 is 28.3 Å². The molecular weight excluding hydrogens is 332 g/mol. The first-order valence-corrected chi connectivity index (χ1v) is 9.03. The number of hydrogen-bond donors (Lipinski definition) is 1. The predicted octanol–water partition coefficient (Wildman–Crippen LogP) is 4.68. The van der Waals surface area contributed by atoms with Gasteiger partial charge in [0.15, 0.2) is 0 Å². The number of anilines is 1. The molecule has 1 aliphatic heterocycles. The standard InChI is InChI=1S/C21H21ClN2O/c1-15-14-16-6-2-5-9-19(16)23-20(15)24-12-10-21(25,11-13-24)17-7-3-4-8-18(17)22/h2-9,14,25H,10-13H2,1H3. The van der Waals surface area contributed by atoms with Crippen LogP contribution in [0.25, 0.3) is 10.9 Å². The molecule has 0 aliphatic carbocycles. The quantitative estimate of drug-likeness (QED) is 0.727. The Morgan fingerprint density at radius 2 is 1.72 bits per heavy atom. The number of benzene rings is 2. The fourth-order valence-electron chi connectivity index (χ4n) is 3.73. The Morgan fingerprint density at radius 1 is 1.04 bits per heavy atom. The van der Waals surface area contributed by atoms with Crippen LogP contribution >= 0.6 is 11.6 Å². The Hall–Kier alpha value is -2.10. The van der Waals surface area contributed by atoms with Crippen LogP contribution in [0.2, 0.25) is 5.02 Å². The first-order chi connectivity index (χ1) is 12.1. The number of hydrogen-bond acceptors (Lipinski definition) is 3. The van der Waals surface area contributed by atoms with Gasteiger partial charge in [0.2, 0.25) is 0 Å². The van der Waals surface area contributed by atoms with Crippen LogP contribution in [0.3, 0.4) is 0 Å². The lowest BCUT2D eigenvalue weighted by atomic mass is 9.84. The molecule has 0 radical (unpaired) electrons. The van der Waals surface area contributed by atoms with Crippen LogP contribution in [-0.4, -0.2) is 23.2 Å². The van der Waals surface area contributed by atoms with Gasteiger partial charge in [-0.15, -0.1) is 0 Å². The van der Waals surface area contributed by atoms with Crippen LogP contribution < -0.4 is 4.90 Å². The number of fused-ring (bicyclic) bond motifs is 1. The predicted molar refractivity (Wildman–Crippen MR) is 103 cm³/mol. The van der Waals surface area contributed by atoms with Gasteiger partial charge in [0.1, 0.15) is 5.82 Å². The molecule has 0 unspecified atom stereocenters. The number of piperidine rings is 1. The molecule has 3 nitrogen and oxygen atoms in total. The molecule has 4 rings (SSSR count). The maximum Gasteiger partial charge on any atom is 0.132 e. The molecule has 1 aromatic heterocycles. The van der Waals surface area contributed by atoms with E-state index < -0.39 is 5.60 Å². The number of pyridine rings is 1. The van der Waals surface area contributed by atoms with Crippen LogP contribution in [0.15, 0.2) is 54.6 Å². The zero-order chi connectivity index (χ0) is 17.4. The van der Waals surface area contributed by atoms with Gasteiger partial charge in [-0.05, 0) is 43.5 Å². The maximum atomic E-state index is 11.1. The van der Waals surface area contributed by atoms with Gasteiger partial charge in [0.25, 0.3) is 0 Å². The van der Waals surface area contributed by atoms with Gasteiger partial charge < -0.3 is 10.0 Å². The summed E-state index contributed by atoms with van der Waals surface area (Å²) in [5.41, 5.74) is 2.15. The summed E-state index contributed by atoms with van der Waals surface area (Å²) in [6, 6.07) is 18.0. The molecule has 0 saturated carbocycles. The van der Waals surface area contributed by atoms with E-state index >= 15 is 0 Å². The summed E-state index contributed by atoms with van der Waals surface area (Å²) in [6.45, 7) is 3.62. The van der Waals surface area contributed by atoms with E-state index in [0.29, 0.717) is 17.9 Å². The molecule has 2 aromatic carbocycles. The number of para-hydroxylation sites is 1. The summed E-state index contributed by atoms with van der Waals surface area (Å²) in [7, 11) is 0. The molecule has 3 aromatic rings. The second-order valence-corrected chi connectivity index (χ2v) is 7.23. The highest BCUT2D eigenvalue weighted by atomic mass is 35.5. The average molecular weight is 353 g/mol. The number of nitrogens with zero attached hydrogens (tertiary/aromatic N) is 2. The topological polar surface area (TPSA) is 36.4 Å². The minimum absolute atomic E-state index is 0.637. The molecule has 128 valence electrons. The Balaban J connectivity index is 1.60. The van der Waals surface area contributed by atoms with Crippen molar-refractivity contribution in [3.8, 4) is 0 Å². The summed E-state index contributed by atoms with van der Waals surface area (Å²) in [6.07, 6.45) is 1.29. The Morgan fingerprint density at radius 3 is 2.48 bits per heavy atom. The first kappa shape index (κ1) is 16.4. The minimum Gasteiger partial charge on any atom is -0.385 e. The lowest BCUT2D eigenvalue weighted by Gasteiger charge is -2.40. The van der Waals surface area contributed by atoms with Crippen LogP contribution in [0, 0.1) is 6.92 Å². The molecule has 0 bridgehead atoms. The zero-order valence-corrected chi connectivity index (χ0v) is 15.0. The molecule has 1 N–H and O–H groups in total. The number of halogens is 1. The summed E-state index contributed by atoms with van der Waals surface area (Å²) in [5, 5.41) is 12.9. The molecule has 4 heteroatoms. The maximum absolute atomic E-state index is 11.1. The monoisotopic (exact) mass is 352 g/mol. The average Bonchev–Trinajstić information content (AvgIpc) is 2.62. The van der Waals surface area contributed by atoms with Crippen LogP contribution in [0.1, 0.15) is 24.0 Å². The third-order valence-electron chi connectivity index (χ3n) is 5.15. The van der Waals surface area contributed by atoms with Gasteiger partial charge in [-0.2, -0.15) is 0 Å². The Kier molecular flexibility index (Phi) is 4.14. The number of rotatable bonds is 2. The van der Waals surface area contributed by atoms with Crippen molar-refractivity contribution in [1.29, 1.82) is 0 Å². The number of aryl methyl sites for hydroxylation is 1. The lowest BCUT2D eigenvalue weighted by Crippen LogP contribution is -2.43. The molecule has 0 amide bonds. The first-order valence-electron chi connectivity index (χ1n) is 8.66. The largest absolute Gasteiger partial charge is 0.385 e. The van der Waals surface area contributed by atoms with E-state index in [9.17, 15) is 5.11 Å². The number of aromatic nitrogens is 1. The summed E-state index contributed by atoms with van der Waals surface area (Å²) < 4.78 is 0. The SMILES string of the molecule is Cc1cc2ccccc2nc1N1CCC(O)(c2ccccc2Cl)CC1.